The molecule has 46 heavy (non-hydrogen) atoms. The Balaban J connectivity index is 1.72. The quantitative estimate of drug-likeness (QED) is 0.106. The van der Waals surface area contributed by atoms with Crippen molar-refractivity contribution in [1.82, 2.24) is 10.6 Å². The molecular formula is C36H37Cl2N3O5. The van der Waals surface area contributed by atoms with E-state index in [0.717, 1.165) is 11.1 Å². The Kier molecular flexibility index (Phi) is 13.7. The molecule has 4 rings (SSSR count). The van der Waals surface area contributed by atoms with Crippen LogP contribution < -0.4 is 10.6 Å². The lowest BCUT2D eigenvalue weighted by atomic mass is 9.79. The molecule has 240 valence electrons. The number of alkyl halides is 1. The van der Waals surface area contributed by atoms with Gasteiger partial charge in [-0.2, -0.15) is 5.26 Å². The van der Waals surface area contributed by atoms with Crippen LogP contribution in [0.1, 0.15) is 41.4 Å². The molecule has 1 heterocycles. The van der Waals surface area contributed by atoms with Crippen molar-refractivity contribution in [2.24, 2.45) is 0 Å². The Morgan fingerprint density at radius 2 is 1.61 bits per heavy atom. The number of ether oxygens (including phenoxy) is 3. The number of hydrogen-bond acceptors (Lipinski definition) is 7. The number of hydrogen-bond donors (Lipinski definition) is 2. The van der Waals surface area contributed by atoms with E-state index >= 15 is 0 Å². The summed E-state index contributed by atoms with van der Waals surface area (Å²) in [5, 5.41) is 15.8. The average Bonchev–Trinajstić information content (AvgIpc) is 3.07. The maximum atomic E-state index is 14.3. The van der Waals surface area contributed by atoms with Crippen LogP contribution in [0.15, 0.2) is 107 Å². The van der Waals surface area contributed by atoms with Crippen LogP contribution in [0.5, 0.6) is 0 Å². The first-order chi connectivity index (χ1) is 22.5. The molecule has 1 amide bonds. The van der Waals surface area contributed by atoms with E-state index in [0.29, 0.717) is 40.5 Å². The fourth-order valence-electron chi connectivity index (χ4n) is 5.53. The lowest BCUT2D eigenvalue weighted by Gasteiger charge is -2.33. The summed E-state index contributed by atoms with van der Waals surface area (Å²) in [5.41, 5.74) is 4.27. The maximum Gasteiger partial charge on any atom is 0.336 e. The Morgan fingerprint density at radius 3 is 2.22 bits per heavy atom. The molecule has 0 spiro atoms. The number of nitriles is 1. The molecule has 0 aliphatic carbocycles. The average molecular weight is 663 g/mol. The molecule has 3 aromatic carbocycles. The molecule has 10 heteroatoms. The molecule has 0 saturated carbocycles. The molecule has 0 bridgehead atoms. The first-order valence-corrected chi connectivity index (χ1v) is 15.9. The Labute approximate surface area is 279 Å². The number of amides is 1. The lowest BCUT2D eigenvalue weighted by molar-refractivity contribution is -0.139. The molecule has 1 atom stereocenters. The Hall–Kier alpha value is -4.13. The van der Waals surface area contributed by atoms with Gasteiger partial charge in [-0.05, 0) is 35.2 Å². The monoisotopic (exact) mass is 661 g/mol. The number of esters is 1. The van der Waals surface area contributed by atoms with Crippen molar-refractivity contribution in [1.29, 1.82) is 5.26 Å². The van der Waals surface area contributed by atoms with Crippen LogP contribution in [0.25, 0.3) is 0 Å². The summed E-state index contributed by atoms with van der Waals surface area (Å²) in [7, 11) is 1.51. The summed E-state index contributed by atoms with van der Waals surface area (Å²) < 4.78 is 16.7. The second-order valence-corrected chi connectivity index (χ2v) is 11.3. The highest BCUT2D eigenvalue weighted by Gasteiger charge is 2.39. The Morgan fingerprint density at radius 1 is 0.935 bits per heavy atom. The van der Waals surface area contributed by atoms with Gasteiger partial charge in [-0.1, -0.05) is 84.4 Å². The molecular weight excluding hydrogens is 625 g/mol. The van der Waals surface area contributed by atoms with Crippen molar-refractivity contribution in [3.05, 3.63) is 129 Å². The van der Waals surface area contributed by atoms with E-state index in [1.165, 1.54) is 7.11 Å². The van der Waals surface area contributed by atoms with Gasteiger partial charge >= 0.3 is 5.97 Å². The second-order valence-electron chi connectivity index (χ2n) is 10.5. The SMILES string of the molecule is COCC1=C(C(=O)OCCC#N)C(c2cccc(Cl)c2)C(C(=O)NCCC(c2ccccc2)c2ccccc2)=C(COCCCl)N1. The normalized spacial score (nSPS) is 14.5. The van der Waals surface area contributed by atoms with E-state index < -0.39 is 11.9 Å². The predicted octanol–water partition coefficient (Wildman–Crippen LogP) is 6.23. The van der Waals surface area contributed by atoms with Crippen molar-refractivity contribution in [2.45, 2.75) is 24.7 Å². The summed E-state index contributed by atoms with van der Waals surface area (Å²) in [6.07, 6.45) is 0.660. The van der Waals surface area contributed by atoms with Gasteiger partial charge in [0.1, 0.15) is 6.61 Å². The van der Waals surface area contributed by atoms with Crippen molar-refractivity contribution >= 4 is 35.1 Å². The van der Waals surface area contributed by atoms with Gasteiger partial charge in [-0.25, -0.2) is 4.79 Å². The number of dihydropyridines is 1. The van der Waals surface area contributed by atoms with Gasteiger partial charge < -0.3 is 24.8 Å². The Bertz CT molecular complexity index is 1530. The smallest absolute Gasteiger partial charge is 0.336 e. The van der Waals surface area contributed by atoms with Crippen molar-refractivity contribution in [2.75, 3.05) is 46.0 Å². The van der Waals surface area contributed by atoms with Crippen molar-refractivity contribution in [3.8, 4) is 6.07 Å². The van der Waals surface area contributed by atoms with E-state index in [2.05, 4.69) is 34.9 Å². The molecule has 2 N–H and O–H groups in total. The third-order valence-electron chi connectivity index (χ3n) is 7.50. The van der Waals surface area contributed by atoms with Crippen LogP contribution in [-0.4, -0.2) is 57.8 Å². The van der Waals surface area contributed by atoms with Gasteiger partial charge in [0.05, 0.1) is 60.8 Å². The molecule has 1 aliphatic heterocycles. The van der Waals surface area contributed by atoms with E-state index in [-0.39, 0.29) is 56.1 Å². The van der Waals surface area contributed by atoms with Gasteiger partial charge in [-0.3, -0.25) is 4.79 Å². The van der Waals surface area contributed by atoms with Crippen molar-refractivity contribution < 1.29 is 23.8 Å². The van der Waals surface area contributed by atoms with E-state index in [9.17, 15) is 9.59 Å². The van der Waals surface area contributed by atoms with Gasteiger partial charge in [0.25, 0.3) is 0 Å². The molecule has 0 radical (unpaired) electrons. The van der Waals surface area contributed by atoms with Crippen LogP contribution in [0.4, 0.5) is 0 Å². The van der Waals surface area contributed by atoms with Crippen LogP contribution >= 0.6 is 23.2 Å². The lowest BCUT2D eigenvalue weighted by Crippen LogP contribution is -2.40. The molecule has 8 nitrogen and oxygen atoms in total. The van der Waals surface area contributed by atoms with Crippen LogP contribution in [0.2, 0.25) is 5.02 Å². The minimum absolute atomic E-state index is 0.0264. The number of nitrogens with zero attached hydrogens (tertiary/aromatic N) is 1. The largest absolute Gasteiger partial charge is 0.461 e. The topological polar surface area (TPSA) is 110 Å². The molecule has 0 fully saturated rings. The highest BCUT2D eigenvalue weighted by Crippen LogP contribution is 2.40. The van der Waals surface area contributed by atoms with E-state index in [1.807, 2.05) is 42.5 Å². The highest BCUT2D eigenvalue weighted by atomic mass is 35.5. The fourth-order valence-corrected chi connectivity index (χ4v) is 5.84. The third kappa shape index (κ3) is 9.21. The third-order valence-corrected chi connectivity index (χ3v) is 7.89. The number of carbonyl (C=O) groups is 2. The summed E-state index contributed by atoms with van der Waals surface area (Å²) in [4.78, 5) is 27.9. The standard InChI is InChI=1S/C36H37Cl2N3O5/c1-44-23-30-34(36(43)46-20-9-18-39)32(27-14-8-15-28(38)22-27)33(31(41-30)24-45-21-17-37)35(42)40-19-16-29(25-10-4-2-5-11-25)26-12-6-3-7-13-26/h2-8,10-15,22,29,32,41H,9,16-17,19-21,23-24H2,1H3,(H,40,42). The number of halogens is 2. The molecule has 0 saturated heterocycles. The van der Waals surface area contributed by atoms with E-state index in [4.69, 9.17) is 42.7 Å². The van der Waals surface area contributed by atoms with Gasteiger partial charge in [0.15, 0.2) is 0 Å². The zero-order valence-corrected chi connectivity index (χ0v) is 27.2. The molecule has 1 aliphatic rings. The number of rotatable bonds is 16. The number of benzene rings is 3. The first-order valence-electron chi connectivity index (χ1n) is 15.0. The zero-order chi connectivity index (χ0) is 32.7. The number of nitrogens with one attached hydrogen (secondary N) is 2. The molecule has 1 unspecified atom stereocenters. The van der Waals surface area contributed by atoms with Gasteiger partial charge in [0, 0.05) is 30.5 Å². The summed E-state index contributed by atoms with van der Waals surface area (Å²) in [5.74, 6) is -1.59. The summed E-state index contributed by atoms with van der Waals surface area (Å²) >= 11 is 12.3. The summed E-state index contributed by atoms with van der Waals surface area (Å²) in [6.45, 7) is 0.576. The number of methoxy groups -OCH3 is 1. The minimum Gasteiger partial charge on any atom is -0.461 e. The van der Waals surface area contributed by atoms with Crippen LogP contribution in [0.3, 0.4) is 0 Å². The zero-order valence-electron chi connectivity index (χ0n) is 25.6. The summed E-state index contributed by atoms with van der Waals surface area (Å²) in [6, 6.07) is 29.3. The first kappa shape index (κ1) is 34.7. The maximum absolute atomic E-state index is 14.3. The predicted molar refractivity (Wildman–Crippen MR) is 178 cm³/mol. The number of carbonyl (C=O) groups excluding carboxylic acids is 2. The van der Waals surface area contributed by atoms with Crippen molar-refractivity contribution in [3.63, 3.8) is 0 Å². The van der Waals surface area contributed by atoms with Crippen LogP contribution in [-0.2, 0) is 23.8 Å². The molecule has 0 aromatic heterocycles. The fraction of sp³-hybridized carbons (Fsp3) is 0.306. The van der Waals surface area contributed by atoms with Gasteiger partial charge in [-0.15, -0.1) is 11.6 Å². The van der Waals surface area contributed by atoms with Gasteiger partial charge in [0.2, 0.25) is 5.91 Å². The second kappa shape index (κ2) is 18.1. The minimum atomic E-state index is -0.867. The molecule has 3 aromatic rings. The van der Waals surface area contributed by atoms with E-state index in [1.54, 1.807) is 24.3 Å². The highest BCUT2D eigenvalue weighted by molar-refractivity contribution is 6.30. The van der Waals surface area contributed by atoms with Crippen LogP contribution in [0, 0.1) is 11.3 Å².